The molecule has 0 aliphatic rings. The van der Waals surface area contributed by atoms with Crippen LogP contribution in [0.2, 0.25) is 6.55 Å². The smallest absolute Gasteiger partial charge is 0.368 e. The molecule has 0 N–H and O–H groups in total. The van der Waals surface area contributed by atoms with E-state index in [1.54, 1.807) is 14.2 Å². The van der Waals surface area contributed by atoms with Crippen molar-refractivity contribution in [2.24, 2.45) is 0 Å². The molecule has 0 saturated heterocycles. The van der Waals surface area contributed by atoms with E-state index in [1.807, 2.05) is 0 Å². The molecule has 0 atom stereocenters. The molecular weight excluding hydrogens is 557 g/mol. The molecule has 0 amide bonds. The third-order valence-electron chi connectivity index (χ3n) is 8.19. The third-order valence-corrected chi connectivity index (χ3v) is 11.1. The standard InChI is InChI=1S/C39H44N2O2Si/c1-27-18-28(2)22-36(21-27)40(35-14-16-39(17-15-35)44(9,42-7)43-8)33-10-12-34(13-11-33)41(37-23-29(3)19-30(4)24-37)38-25-31(5)20-32(6)26-38/h10-26H,1-9H3. The summed E-state index contributed by atoms with van der Waals surface area (Å²) >= 11 is 0. The van der Waals surface area contributed by atoms with Crippen LogP contribution in [0.15, 0.2) is 103 Å². The van der Waals surface area contributed by atoms with Gasteiger partial charge in [0.25, 0.3) is 0 Å². The minimum Gasteiger partial charge on any atom is -0.394 e. The van der Waals surface area contributed by atoms with Gasteiger partial charge in [-0.25, -0.2) is 0 Å². The molecule has 0 aliphatic carbocycles. The maximum absolute atomic E-state index is 5.81. The zero-order valence-corrected chi connectivity index (χ0v) is 28.5. The van der Waals surface area contributed by atoms with Gasteiger partial charge in [0.05, 0.1) is 0 Å². The molecule has 0 aliphatic heterocycles. The van der Waals surface area contributed by atoms with E-state index >= 15 is 0 Å². The summed E-state index contributed by atoms with van der Waals surface area (Å²) in [6.45, 7) is 15.0. The zero-order chi connectivity index (χ0) is 31.6. The Balaban J connectivity index is 1.63. The fourth-order valence-electron chi connectivity index (χ4n) is 6.12. The molecule has 4 nitrogen and oxygen atoms in total. The molecule has 0 unspecified atom stereocenters. The first-order valence-electron chi connectivity index (χ1n) is 15.2. The summed E-state index contributed by atoms with van der Waals surface area (Å²) in [6.07, 6.45) is 0. The molecule has 0 radical (unpaired) electrons. The van der Waals surface area contributed by atoms with Crippen molar-refractivity contribution >= 4 is 47.9 Å². The van der Waals surface area contributed by atoms with Crippen LogP contribution in [0, 0.1) is 41.5 Å². The predicted octanol–water partition coefficient (Wildman–Crippen LogP) is 10.0. The van der Waals surface area contributed by atoms with Gasteiger partial charge in [0.15, 0.2) is 0 Å². The van der Waals surface area contributed by atoms with E-state index < -0.39 is 8.56 Å². The van der Waals surface area contributed by atoms with Gasteiger partial charge in [-0.05, 0) is 159 Å². The second-order valence-electron chi connectivity index (χ2n) is 12.1. The number of anilines is 6. The van der Waals surface area contributed by atoms with Gasteiger partial charge in [-0.1, -0.05) is 30.3 Å². The lowest BCUT2D eigenvalue weighted by atomic mass is 10.1. The van der Waals surface area contributed by atoms with E-state index in [4.69, 9.17) is 8.85 Å². The molecule has 0 fully saturated rings. The monoisotopic (exact) mass is 600 g/mol. The first-order chi connectivity index (χ1) is 21.0. The number of hydrogen-bond donors (Lipinski definition) is 0. The number of hydrogen-bond acceptors (Lipinski definition) is 4. The van der Waals surface area contributed by atoms with Gasteiger partial charge in [-0.2, -0.15) is 0 Å². The summed E-state index contributed by atoms with van der Waals surface area (Å²) in [4.78, 5) is 4.69. The molecule has 0 heterocycles. The zero-order valence-electron chi connectivity index (χ0n) is 27.5. The van der Waals surface area contributed by atoms with E-state index in [9.17, 15) is 0 Å². The van der Waals surface area contributed by atoms with Crippen LogP contribution in [-0.2, 0) is 8.85 Å². The third kappa shape index (κ3) is 6.65. The summed E-state index contributed by atoms with van der Waals surface area (Å²) in [5.41, 5.74) is 14.2. The maximum Gasteiger partial charge on any atom is 0.368 e. The predicted molar refractivity (Wildman–Crippen MR) is 189 cm³/mol. The van der Waals surface area contributed by atoms with Crippen molar-refractivity contribution in [1.82, 2.24) is 0 Å². The van der Waals surface area contributed by atoms with Gasteiger partial charge in [-0.15, -0.1) is 0 Å². The minimum atomic E-state index is -2.43. The Morgan fingerprint density at radius 1 is 0.386 bits per heavy atom. The molecule has 0 aromatic heterocycles. The Morgan fingerprint density at radius 2 is 0.636 bits per heavy atom. The molecule has 0 saturated carbocycles. The molecule has 226 valence electrons. The van der Waals surface area contributed by atoms with Crippen molar-refractivity contribution < 1.29 is 8.85 Å². The molecule has 0 spiro atoms. The van der Waals surface area contributed by atoms with Crippen molar-refractivity contribution in [2.45, 2.75) is 48.1 Å². The van der Waals surface area contributed by atoms with Crippen LogP contribution in [0.4, 0.5) is 34.1 Å². The van der Waals surface area contributed by atoms with Crippen LogP contribution in [0.25, 0.3) is 0 Å². The lowest BCUT2D eigenvalue weighted by Gasteiger charge is -2.30. The Labute approximate surface area is 264 Å². The Bertz CT molecular complexity index is 1650. The van der Waals surface area contributed by atoms with E-state index in [-0.39, 0.29) is 0 Å². The van der Waals surface area contributed by atoms with Crippen LogP contribution in [0.1, 0.15) is 33.4 Å². The highest BCUT2D eigenvalue weighted by molar-refractivity contribution is 6.79. The van der Waals surface area contributed by atoms with E-state index in [1.165, 1.54) is 33.4 Å². The topological polar surface area (TPSA) is 24.9 Å². The van der Waals surface area contributed by atoms with Crippen molar-refractivity contribution in [3.05, 3.63) is 137 Å². The normalized spacial score (nSPS) is 11.5. The van der Waals surface area contributed by atoms with Gasteiger partial charge >= 0.3 is 8.56 Å². The van der Waals surface area contributed by atoms with E-state index in [2.05, 4.69) is 161 Å². The van der Waals surface area contributed by atoms with Crippen molar-refractivity contribution in [2.75, 3.05) is 24.0 Å². The van der Waals surface area contributed by atoms with E-state index in [0.717, 1.165) is 39.3 Å². The van der Waals surface area contributed by atoms with E-state index in [0.29, 0.717) is 0 Å². The van der Waals surface area contributed by atoms with Gasteiger partial charge in [0.2, 0.25) is 0 Å². The average Bonchev–Trinajstić information content (AvgIpc) is 2.97. The van der Waals surface area contributed by atoms with Crippen molar-refractivity contribution in [3.63, 3.8) is 0 Å². The molecule has 5 aromatic carbocycles. The quantitative estimate of drug-likeness (QED) is 0.157. The maximum atomic E-state index is 5.81. The fourth-order valence-corrected chi connectivity index (χ4v) is 7.53. The fraction of sp³-hybridized carbons (Fsp3) is 0.231. The minimum absolute atomic E-state index is 1.08. The summed E-state index contributed by atoms with van der Waals surface area (Å²) in [5.74, 6) is 0. The van der Waals surface area contributed by atoms with Gasteiger partial charge in [0, 0.05) is 48.3 Å². The van der Waals surface area contributed by atoms with Crippen LogP contribution < -0.4 is 15.0 Å². The highest BCUT2D eigenvalue weighted by Gasteiger charge is 2.31. The second-order valence-corrected chi connectivity index (χ2v) is 15.4. The van der Waals surface area contributed by atoms with Crippen LogP contribution in [0.5, 0.6) is 0 Å². The lowest BCUT2D eigenvalue weighted by Crippen LogP contribution is -2.49. The number of rotatable bonds is 9. The Morgan fingerprint density at radius 3 is 0.909 bits per heavy atom. The van der Waals surface area contributed by atoms with Crippen molar-refractivity contribution in [1.29, 1.82) is 0 Å². The molecular formula is C39H44N2O2Si. The van der Waals surface area contributed by atoms with Gasteiger partial charge < -0.3 is 18.7 Å². The average molecular weight is 601 g/mol. The number of nitrogens with zero attached hydrogens (tertiary/aromatic N) is 2. The Hall–Kier alpha value is -4.16. The summed E-state index contributed by atoms with van der Waals surface area (Å²) in [5, 5.41) is 1.10. The van der Waals surface area contributed by atoms with Crippen LogP contribution in [0.3, 0.4) is 0 Å². The van der Waals surface area contributed by atoms with Crippen LogP contribution >= 0.6 is 0 Å². The highest BCUT2D eigenvalue weighted by atomic mass is 28.4. The SMILES string of the molecule is CO[Si](C)(OC)c1ccc(N(c2ccc(N(c3cc(C)cc(C)c3)c3cc(C)cc(C)c3)cc2)c2cc(C)cc(C)c2)cc1. The summed E-state index contributed by atoms with van der Waals surface area (Å²) in [7, 11) is 1.02. The number of aryl methyl sites for hydroxylation is 6. The summed E-state index contributed by atoms with van der Waals surface area (Å²) < 4.78 is 11.6. The molecule has 5 aromatic rings. The molecule has 5 heteroatoms. The molecule has 44 heavy (non-hydrogen) atoms. The highest BCUT2D eigenvalue weighted by Crippen LogP contribution is 2.40. The largest absolute Gasteiger partial charge is 0.394 e. The van der Waals surface area contributed by atoms with Gasteiger partial charge in [0.1, 0.15) is 0 Å². The number of benzene rings is 5. The molecule has 0 bridgehead atoms. The summed E-state index contributed by atoms with van der Waals surface area (Å²) in [6, 6.07) is 37.7. The lowest BCUT2D eigenvalue weighted by molar-refractivity contribution is 0.265. The van der Waals surface area contributed by atoms with Crippen molar-refractivity contribution in [3.8, 4) is 0 Å². The Kier molecular flexibility index (Phi) is 9.12. The molecule has 5 rings (SSSR count). The van der Waals surface area contributed by atoms with Gasteiger partial charge in [-0.3, -0.25) is 0 Å². The van der Waals surface area contributed by atoms with Crippen LogP contribution in [-0.4, -0.2) is 22.8 Å². The first-order valence-corrected chi connectivity index (χ1v) is 17.5. The second kappa shape index (κ2) is 12.8. The first kappa shape index (κ1) is 31.3.